The van der Waals surface area contributed by atoms with E-state index in [0.29, 0.717) is 6.04 Å². The lowest BCUT2D eigenvalue weighted by molar-refractivity contribution is 0.547. The van der Waals surface area contributed by atoms with Gasteiger partial charge < -0.3 is 10.6 Å². The lowest BCUT2D eigenvalue weighted by Gasteiger charge is -2.10. The minimum Gasteiger partial charge on any atom is -0.315 e. The monoisotopic (exact) mass is 282 g/mol. The van der Waals surface area contributed by atoms with E-state index in [9.17, 15) is 0 Å². The predicted molar refractivity (Wildman–Crippen MR) is 74.1 cm³/mol. The molecule has 0 aliphatic carbocycles. The highest BCUT2D eigenvalue weighted by atomic mass is 35.5. The summed E-state index contributed by atoms with van der Waals surface area (Å²) in [6, 6.07) is 8.64. The number of halogens is 3. The molecule has 1 aromatic carbocycles. The van der Waals surface area contributed by atoms with Gasteiger partial charge in [0.2, 0.25) is 0 Å². The minimum atomic E-state index is 0. The van der Waals surface area contributed by atoms with Crippen molar-refractivity contribution in [3.63, 3.8) is 0 Å². The third-order valence-corrected chi connectivity index (χ3v) is 2.82. The highest BCUT2D eigenvalue weighted by Crippen LogP contribution is 2.09. The normalized spacial score (nSPS) is 18.7. The first-order chi connectivity index (χ1) is 6.84. The Morgan fingerprint density at radius 2 is 1.94 bits per heavy atom. The fourth-order valence-corrected chi connectivity index (χ4v) is 1.82. The van der Waals surface area contributed by atoms with Crippen LogP contribution in [-0.2, 0) is 6.54 Å². The number of benzene rings is 1. The molecule has 2 N–H and O–H groups in total. The van der Waals surface area contributed by atoms with Crippen molar-refractivity contribution in [2.24, 2.45) is 0 Å². The van der Waals surface area contributed by atoms with Crippen molar-refractivity contribution in [1.29, 1.82) is 0 Å². The van der Waals surface area contributed by atoms with E-state index in [1.54, 1.807) is 0 Å². The van der Waals surface area contributed by atoms with Crippen molar-refractivity contribution in [2.75, 3.05) is 13.1 Å². The van der Waals surface area contributed by atoms with Gasteiger partial charge in [0.25, 0.3) is 0 Å². The molecule has 0 radical (unpaired) electrons. The van der Waals surface area contributed by atoms with Gasteiger partial charge in [-0.05, 0) is 30.7 Å². The van der Waals surface area contributed by atoms with E-state index in [2.05, 4.69) is 22.8 Å². The standard InChI is InChI=1S/C11H15ClN2.2ClH/c12-10-3-1-9(2-4-10)7-14-11-5-6-13-8-11;;/h1-4,11,13-14H,5-8H2;2*1H/t11-;;/m0../s1. The average molecular weight is 284 g/mol. The Morgan fingerprint density at radius 3 is 2.50 bits per heavy atom. The third-order valence-electron chi connectivity index (χ3n) is 2.57. The minimum absolute atomic E-state index is 0. The zero-order chi connectivity index (χ0) is 9.80. The molecule has 0 saturated carbocycles. The number of hydrogen-bond donors (Lipinski definition) is 2. The van der Waals surface area contributed by atoms with Crippen LogP contribution in [0.1, 0.15) is 12.0 Å². The first kappa shape index (κ1) is 16.0. The van der Waals surface area contributed by atoms with Gasteiger partial charge in [0, 0.05) is 24.2 Å². The lowest BCUT2D eigenvalue weighted by atomic mass is 10.2. The molecule has 0 spiro atoms. The molecule has 16 heavy (non-hydrogen) atoms. The van der Waals surface area contributed by atoms with Gasteiger partial charge in [0.15, 0.2) is 0 Å². The number of nitrogens with one attached hydrogen (secondary N) is 2. The first-order valence-corrected chi connectivity index (χ1v) is 5.41. The molecule has 0 amide bonds. The largest absolute Gasteiger partial charge is 0.315 e. The molecule has 1 aromatic rings. The first-order valence-electron chi connectivity index (χ1n) is 5.03. The molecule has 1 atom stereocenters. The van der Waals surface area contributed by atoms with E-state index in [0.717, 1.165) is 24.7 Å². The highest BCUT2D eigenvalue weighted by Gasteiger charge is 2.12. The van der Waals surface area contributed by atoms with E-state index >= 15 is 0 Å². The molecule has 2 rings (SSSR count). The summed E-state index contributed by atoms with van der Waals surface area (Å²) in [6.07, 6.45) is 1.23. The number of rotatable bonds is 3. The van der Waals surface area contributed by atoms with Gasteiger partial charge >= 0.3 is 0 Å². The molecule has 1 aliphatic heterocycles. The Kier molecular flexibility index (Phi) is 8.16. The van der Waals surface area contributed by atoms with Gasteiger partial charge in [-0.2, -0.15) is 0 Å². The molecule has 2 nitrogen and oxygen atoms in total. The van der Waals surface area contributed by atoms with Crippen LogP contribution in [0.3, 0.4) is 0 Å². The summed E-state index contributed by atoms with van der Waals surface area (Å²) in [5, 5.41) is 7.65. The van der Waals surface area contributed by atoms with Crippen molar-refractivity contribution in [1.82, 2.24) is 10.6 Å². The van der Waals surface area contributed by atoms with E-state index in [-0.39, 0.29) is 24.8 Å². The van der Waals surface area contributed by atoms with Crippen LogP contribution in [0.15, 0.2) is 24.3 Å². The second-order valence-electron chi connectivity index (χ2n) is 3.70. The molecule has 5 heteroatoms. The summed E-state index contributed by atoms with van der Waals surface area (Å²) in [4.78, 5) is 0. The van der Waals surface area contributed by atoms with Crippen LogP contribution >= 0.6 is 36.4 Å². The summed E-state index contributed by atoms with van der Waals surface area (Å²) in [5.74, 6) is 0. The molecule has 1 fully saturated rings. The molecule has 0 unspecified atom stereocenters. The van der Waals surface area contributed by atoms with E-state index in [4.69, 9.17) is 11.6 Å². The number of hydrogen-bond acceptors (Lipinski definition) is 2. The second kappa shape index (κ2) is 8.15. The predicted octanol–water partition coefficient (Wildman–Crippen LogP) is 2.64. The Bertz CT molecular complexity index is 284. The average Bonchev–Trinajstić information content (AvgIpc) is 2.70. The van der Waals surface area contributed by atoms with Crippen LogP contribution in [-0.4, -0.2) is 19.1 Å². The smallest absolute Gasteiger partial charge is 0.0406 e. The fraction of sp³-hybridized carbons (Fsp3) is 0.455. The lowest BCUT2D eigenvalue weighted by Crippen LogP contribution is -2.30. The van der Waals surface area contributed by atoms with Crippen LogP contribution < -0.4 is 10.6 Å². The van der Waals surface area contributed by atoms with Crippen LogP contribution in [0, 0.1) is 0 Å². The topological polar surface area (TPSA) is 24.1 Å². The van der Waals surface area contributed by atoms with Gasteiger partial charge in [-0.25, -0.2) is 0 Å². The highest BCUT2D eigenvalue weighted by molar-refractivity contribution is 6.30. The molecule has 92 valence electrons. The quantitative estimate of drug-likeness (QED) is 0.891. The SMILES string of the molecule is Cl.Cl.Clc1ccc(CN[C@H]2CCNC2)cc1. The summed E-state index contributed by atoms with van der Waals surface area (Å²) in [6.45, 7) is 3.16. The van der Waals surface area contributed by atoms with Crippen molar-refractivity contribution < 1.29 is 0 Å². The van der Waals surface area contributed by atoms with Crippen molar-refractivity contribution in [3.05, 3.63) is 34.9 Å². The zero-order valence-electron chi connectivity index (χ0n) is 8.91. The van der Waals surface area contributed by atoms with Gasteiger partial charge in [-0.3, -0.25) is 0 Å². The molecule has 1 heterocycles. The summed E-state index contributed by atoms with van der Waals surface area (Å²) < 4.78 is 0. The third kappa shape index (κ3) is 4.89. The van der Waals surface area contributed by atoms with Crippen LogP contribution in [0.25, 0.3) is 0 Å². The van der Waals surface area contributed by atoms with E-state index in [1.165, 1.54) is 12.0 Å². The fourth-order valence-electron chi connectivity index (χ4n) is 1.69. The molecule has 1 saturated heterocycles. The maximum Gasteiger partial charge on any atom is 0.0406 e. The molecule has 0 bridgehead atoms. The Hall–Kier alpha value is 0.01000. The Morgan fingerprint density at radius 1 is 1.25 bits per heavy atom. The van der Waals surface area contributed by atoms with E-state index < -0.39 is 0 Å². The van der Waals surface area contributed by atoms with Crippen LogP contribution in [0.4, 0.5) is 0 Å². The van der Waals surface area contributed by atoms with Gasteiger partial charge in [-0.15, -0.1) is 24.8 Å². The van der Waals surface area contributed by atoms with Gasteiger partial charge in [-0.1, -0.05) is 23.7 Å². The molecule has 0 aromatic heterocycles. The summed E-state index contributed by atoms with van der Waals surface area (Å²) in [7, 11) is 0. The van der Waals surface area contributed by atoms with Crippen molar-refractivity contribution >= 4 is 36.4 Å². The van der Waals surface area contributed by atoms with Crippen LogP contribution in [0.5, 0.6) is 0 Å². The van der Waals surface area contributed by atoms with E-state index in [1.807, 2.05) is 12.1 Å². The Balaban J connectivity index is 0.00000112. The summed E-state index contributed by atoms with van der Waals surface area (Å²) in [5.41, 5.74) is 1.29. The second-order valence-corrected chi connectivity index (χ2v) is 4.13. The van der Waals surface area contributed by atoms with Crippen molar-refractivity contribution in [2.45, 2.75) is 19.0 Å². The molecular formula is C11H17Cl3N2. The zero-order valence-corrected chi connectivity index (χ0v) is 11.3. The van der Waals surface area contributed by atoms with Gasteiger partial charge in [0.1, 0.15) is 0 Å². The Labute approximate surface area is 114 Å². The maximum atomic E-state index is 5.81. The molecule has 1 aliphatic rings. The van der Waals surface area contributed by atoms with Crippen LogP contribution in [0.2, 0.25) is 5.02 Å². The van der Waals surface area contributed by atoms with Crippen molar-refractivity contribution in [3.8, 4) is 0 Å². The summed E-state index contributed by atoms with van der Waals surface area (Å²) >= 11 is 5.81. The van der Waals surface area contributed by atoms with Gasteiger partial charge in [0.05, 0.1) is 0 Å². The molecular weight excluding hydrogens is 266 g/mol. The maximum absolute atomic E-state index is 5.81.